The molecular formula is C26H23Cl2N3O4. The lowest BCUT2D eigenvalue weighted by molar-refractivity contribution is -0.135. The number of halogens is 2. The van der Waals surface area contributed by atoms with Crippen molar-refractivity contribution in [2.45, 2.75) is 12.5 Å². The van der Waals surface area contributed by atoms with Gasteiger partial charge in [-0.25, -0.2) is 4.98 Å². The second kappa shape index (κ2) is 9.68. The van der Waals surface area contributed by atoms with Gasteiger partial charge in [-0.15, -0.1) is 0 Å². The zero-order valence-corrected chi connectivity index (χ0v) is 20.7. The van der Waals surface area contributed by atoms with E-state index in [-0.39, 0.29) is 12.5 Å². The molecule has 1 unspecified atom stereocenters. The van der Waals surface area contributed by atoms with Gasteiger partial charge >= 0.3 is 0 Å². The summed E-state index contributed by atoms with van der Waals surface area (Å²) in [4.78, 5) is 20.2. The Balaban J connectivity index is 1.54. The van der Waals surface area contributed by atoms with Crippen LogP contribution in [0.1, 0.15) is 23.0 Å². The average Bonchev–Trinajstić information content (AvgIpc) is 3.25. The number of nitrogens with zero attached hydrogens (tertiary/aromatic N) is 3. The number of rotatable bonds is 6. The third-order valence-electron chi connectivity index (χ3n) is 6.09. The third-order valence-corrected chi connectivity index (χ3v) is 6.62. The van der Waals surface area contributed by atoms with Gasteiger partial charge in [0.25, 0.3) is 5.91 Å². The van der Waals surface area contributed by atoms with Gasteiger partial charge in [0.05, 0.1) is 36.7 Å². The van der Waals surface area contributed by atoms with Gasteiger partial charge < -0.3 is 23.5 Å². The second-order valence-corrected chi connectivity index (χ2v) is 8.93. The largest absolute Gasteiger partial charge is 0.493 e. The Bertz CT molecular complexity index is 1400. The minimum atomic E-state index is -0.396. The van der Waals surface area contributed by atoms with Crippen LogP contribution < -0.4 is 14.2 Å². The summed E-state index contributed by atoms with van der Waals surface area (Å²) >= 11 is 12.2. The van der Waals surface area contributed by atoms with Crippen LogP contribution in [0.2, 0.25) is 10.0 Å². The van der Waals surface area contributed by atoms with E-state index in [1.54, 1.807) is 32.4 Å². The van der Waals surface area contributed by atoms with E-state index in [0.717, 1.165) is 22.6 Å². The fourth-order valence-corrected chi connectivity index (χ4v) is 4.95. The van der Waals surface area contributed by atoms with Crippen molar-refractivity contribution in [1.29, 1.82) is 0 Å². The summed E-state index contributed by atoms with van der Waals surface area (Å²) in [6.07, 6.45) is 2.60. The molecule has 2 aromatic heterocycles. The average molecular weight is 512 g/mol. The van der Waals surface area contributed by atoms with Crippen LogP contribution in [0.3, 0.4) is 0 Å². The molecule has 5 rings (SSSR count). The molecule has 0 N–H and O–H groups in total. The number of fused-ring (bicyclic) bond motifs is 3. The van der Waals surface area contributed by atoms with Crippen molar-refractivity contribution in [3.8, 4) is 17.2 Å². The van der Waals surface area contributed by atoms with Crippen LogP contribution in [0.25, 0.3) is 5.65 Å². The van der Waals surface area contributed by atoms with Gasteiger partial charge in [0.1, 0.15) is 11.4 Å². The molecule has 0 bridgehead atoms. The molecule has 7 nitrogen and oxygen atoms in total. The van der Waals surface area contributed by atoms with Crippen molar-refractivity contribution >= 4 is 34.8 Å². The summed E-state index contributed by atoms with van der Waals surface area (Å²) in [5.41, 5.74) is 3.62. The van der Waals surface area contributed by atoms with Crippen molar-refractivity contribution in [2.24, 2.45) is 0 Å². The van der Waals surface area contributed by atoms with Crippen LogP contribution in [-0.2, 0) is 11.2 Å². The lowest BCUT2D eigenvalue weighted by atomic mass is 9.95. The van der Waals surface area contributed by atoms with Gasteiger partial charge in [0.2, 0.25) is 0 Å². The van der Waals surface area contributed by atoms with Gasteiger partial charge in [-0.2, -0.15) is 0 Å². The van der Waals surface area contributed by atoms with E-state index in [0.29, 0.717) is 40.3 Å². The topological polar surface area (TPSA) is 65.3 Å². The smallest absolute Gasteiger partial charge is 0.261 e. The monoisotopic (exact) mass is 511 g/mol. The van der Waals surface area contributed by atoms with Gasteiger partial charge in [0.15, 0.2) is 18.1 Å². The first-order valence-electron chi connectivity index (χ1n) is 11.0. The molecule has 1 amide bonds. The lowest BCUT2D eigenvalue weighted by Crippen LogP contribution is -2.43. The molecule has 180 valence electrons. The number of amides is 1. The van der Waals surface area contributed by atoms with Gasteiger partial charge in [-0.3, -0.25) is 4.79 Å². The summed E-state index contributed by atoms with van der Waals surface area (Å²) in [6, 6.07) is 16.1. The van der Waals surface area contributed by atoms with E-state index in [1.165, 1.54) is 0 Å². The van der Waals surface area contributed by atoms with Crippen LogP contribution >= 0.6 is 23.2 Å². The van der Waals surface area contributed by atoms with Crippen molar-refractivity contribution in [3.05, 3.63) is 87.8 Å². The fourth-order valence-electron chi connectivity index (χ4n) is 4.48. The van der Waals surface area contributed by atoms with E-state index in [4.69, 9.17) is 42.4 Å². The van der Waals surface area contributed by atoms with Crippen molar-refractivity contribution in [1.82, 2.24) is 14.3 Å². The minimum Gasteiger partial charge on any atom is -0.493 e. The van der Waals surface area contributed by atoms with Crippen LogP contribution in [-0.4, -0.2) is 47.6 Å². The quantitative estimate of drug-likeness (QED) is 0.355. The number of carbonyl (C=O) groups is 1. The molecule has 1 atom stereocenters. The Kier molecular flexibility index (Phi) is 6.45. The fraction of sp³-hybridized carbons (Fsp3) is 0.231. The third kappa shape index (κ3) is 4.37. The van der Waals surface area contributed by atoms with E-state index in [2.05, 4.69) is 0 Å². The number of hydrogen-bond acceptors (Lipinski definition) is 5. The first-order chi connectivity index (χ1) is 17.0. The summed E-state index contributed by atoms with van der Waals surface area (Å²) in [5.74, 6) is 1.43. The zero-order chi connectivity index (χ0) is 24.5. The molecule has 0 saturated heterocycles. The second-order valence-electron chi connectivity index (χ2n) is 8.09. The molecule has 35 heavy (non-hydrogen) atoms. The Hall–Kier alpha value is -3.42. The predicted octanol–water partition coefficient (Wildman–Crippen LogP) is 5.21. The van der Waals surface area contributed by atoms with Gasteiger partial charge in [0, 0.05) is 24.2 Å². The highest BCUT2D eigenvalue weighted by Crippen LogP contribution is 2.39. The molecule has 0 aliphatic carbocycles. The SMILES string of the molecule is COc1ccc(C2c3c(nc4ccccn34)CCN2C(=O)COc2ccc(Cl)cc2Cl)cc1OC. The van der Waals surface area contributed by atoms with Crippen LogP contribution in [0.5, 0.6) is 17.2 Å². The standard InChI is InChI=1S/C26H23Cl2N3O4/c1-33-21-8-6-16(13-22(21)34-2)25-26-19(29-23-5-3-4-11-30(23)26)10-12-31(25)24(32)15-35-20-9-7-17(27)14-18(20)28/h3-9,11,13-14,25H,10,12,15H2,1-2H3. The van der Waals surface area contributed by atoms with E-state index in [9.17, 15) is 4.79 Å². The van der Waals surface area contributed by atoms with Crippen LogP contribution in [0.4, 0.5) is 0 Å². The Morgan fingerprint density at radius 3 is 2.60 bits per heavy atom. The molecular weight excluding hydrogens is 489 g/mol. The molecule has 1 aliphatic rings. The maximum Gasteiger partial charge on any atom is 0.261 e. The van der Waals surface area contributed by atoms with E-state index >= 15 is 0 Å². The Morgan fingerprint density at radius 2 is 1.83 bits per heavy atom. The highest BCUT2D eigenvalue weighted by molar-refractivity contribution is 6.35. The molecule has 4 aromatic rings. The highest BCUT2D eigenvalue weighted by Gasteiger charge is 2.36. The predicted molar refractivity (Wildman–Crippen MR) is 134 cm³/mol. The minimum absolute atomic E-state index is 0.169. The van der Waals surface area contributed by atoms with Crippen molar-refractivity contribution in [2.75, 3.05) is 27.4 Å². The maximum atomic E-state index is 13.5. The number of benzene rings is 2. The number of aromatic nitrogens is 2. The summed E-state index contributed by atoms with van der Waals surface area (Å²) < 4.78 is 18.8. The molecule has 0 saturated carbocycles. The number of hydrogen-bond donors (Lipinski definition) is 0. The van der Waals surface area contributed by atoms with Gasteiger partial charge in [-0.1, -0.05) is 35.3 Å². The number of ether oxygens (including phenoxy) is 3. The van der Waals surface area contributed by atoms with Gasteiger partial charge in [-0.05, 0) is 48.0 Å². The number of pyridine rings is 1. The first-order valence-corrected chi connectivity index (χ1v) is 11.8. The summed E-state index contributed by atoms with van der Waals surface area (Å²) in [5, 5.41) is 0.850. The molecule has 0 radical (unpaired) electrons. The molecule has 3 heterocycles. The zero-order valence-electron chi connectivity index (χ0n) is 19.2. The summed E-state index contributed by atoms with van der Waals surface area (Å²) in [7, 11) is 3.19. The maximum absolute atomic E-state index is 13.5. The number of imidazole rings is 1. The molecule has 0 spiro atoms. The van der Waals surface area contributed by atoms with Crippen LogP contribution in [0, 0.1) is 0 Å². The molecule has 1 aliphatic heterocycles. The van der Waals surface area contributed by atoms with E-state index < -0.39 is 6.04 Å². The van der Waals surface area contributed by atoms with Crippen molar-refractivity contribution in [3.63, 3.8) is 0 Å². The Morgan fingerprint density at radius 1 is 1.03 bits per heavy atom. The lowest BCUT2D eigenvalue weighted by Gasteiger charge is -2.36. The van der Waals surface area contributed by atoms with Crippen LogP contribution in [0.15, 0.2) is 60.8 Å². The molecule has 0 fully saturated rings. The van der Waals surface area contributed by atoms with Crippen molar-refractivity contribution < 1.29 is 19.0 Å². The number of carbonyl (C=O) groups excluding carboxylic acids is 1. The van der Waals surface area contributed by atoms with E-state index in [1.807, 2.05) is 51.9 Å². The Labute approximate surface area is 212 Å². The summed E-state index contributed by atoms with van der Waals surface area (Å²) in [6.45, 7) is 0.323. The first kappa shape index (κ1) is 23.3. The number of methoxy groups -OCH3 is 2. The normalized spacial score (nSPS) is 15.1. The molecule has 9 heteroatoms. The highest BCUT2D eigenvalue weighted by atomic mass is 35.5. The molecule has 2 aromatic carbocycles.